The Bertz CT molecular complexity index is 3370. The fourth-order valence-corrected chi connectivity index (χ4v) is 19.6. The molecule has 35 nitrogen and oxygen atoms in total. The number of aldehydes is 1. The van der Waals surface area contributed by atoms with E-state index in [0.29, 0.717) is 61.4 Å². The van der Waals surface area contributed by atoms with Gasteiger partial charge in [-0.05, 0) is 188 Å². The van der Waals surface area contributed by atoms with Crippen molar-refractivity contribution in [3.05, 3.63) is 0 Å². The second kappa shape index (κ2) is 42.6. The zero-order chi connectivity index (χ0) is 94.3. The van der Waals surface area contributed by atoms with Crippen LogP contribution in [0.2, 0.25) is 0 Å². The molecule has 16 aliphatic heterocycles. The lowest BCUT2D eigenvalue weighted by Gasteiger charge is -2.30. The maximum Gasteiger partial charge on any atom is 0.305 e. The number of carbonyl (C=O) groups excluding carboxylic acids is 3. The molecule has 18 rings (SSSR count). The van der Waals surface area contributed by atoms with E-state index in [1.54, 1.807) is 0 Å². The number of ether oxygens (including phenoxy) is 29. The quantitative estimate of drug-likeness (QED) is 0.0779. The van der Waals surface area contributed by atoms with Gasteiger partial charge in [0, 0.05) is 76.7 Å². The van der Waals surface area contributed by atoms with Gasteiger partial charge in [0.2, 0.25) is 10.7 Å². The van der Waals surface area contributed by atoms with Crippen LogP contribution in [0.25, 0.3) is 0 Å². The monoisotopic (exact) mass is 1870 g/mol. The molecule has 0 aromatic rings. The minimum absolute atomic E-state index is 0.00266. The number of thioether (sulfide) groups is 1. The lowest BCUT2D eigenvalue weighted by molar-refractivity contribution is -0.220. The smallest absolute Gasteiger partial charge is 0.305 e. The van der Waals surface area contributed by atoms with Crippen molar-refractivity contribution in [2.45, 2.75) is 494 Å². The molecule has 33 atom stereocenters. The average molecular weight is 1870 g/mol. The van der Waals surface area contributed by atoms with Crippen molar-refractivity contribution in [3.8, 4) is 0 Å². The summed E-state index contributed by atoms with van der Waals surface area (Å²) in [5.74, 6) is -4.97. The van der Waals surface area contributed by atoms with Gasteiger partial charge in [0.1, 0.15) is 67.3 Å². The molecule has 0 spiro atoms. The van der Waals surface area contributed by atoms with Crippen molar-refractivity contribution in [2.24, 2.45) is 29.6 Å². The van der Waals surface area contributed by atoms with Crippen molar-refractivity contribution in [1.29, 1.82) is 0 Å². The molecule has 2 aliphatic carbocycles. The van der Waals surface area contributed by atoms with E-state index in [0.717, 1.165) is 57.7 Å². The molecule has 4 unspecified atom stereocenters. The highest BCUT2D eigenvalue weighted by atomic mass is 32.2. The Morgan fingerprint density at radius 1 is 0.391 bits per heavy atom. The van der Waals surface area contributed by atoms with Gasteiger partial charge < -0.3 is 157 Å². The van der Waals surface area contributed by atoms with Crippen molar-refractivity contribution in [3.63, 3.8) is 0 Å². The van der Waals surface area contributed by atoms with Crippen molar-refractivity contribution < 1.29 is 167 Å². The summed E-state index contributed by atoms with van der Waals surface area (Å²) in [7, 11) is 0. The third-order valence-corrected chi connectivity index (χ3v) is 26.6. The molecule has 0 amide bonds. The molecule has 2 saturated carbocycles. The van der Waals surface area contributed by atoms with Crippen LogP contribution in [0, 0.1) is 29.6 Å². The zero-order valence-corrected chi connectivity index (χ0v) is 82.6. The molecule has 0 aromatic carbocycles. The summed E-state index contributed by atoms with van der Waals surface area (Å²) in [5.41, 5.74) is 0. The van der Waals surface area contributed by atoms with Crippen LogP contribution in [0.5, 0.6) is 0 Å². The molecule has 128 heavy (non-hydrogen) atoms. The van der Waals surface area contributed by atoms with Gasteiger partial charge in [0.05, 0.1) is 87.0 Å². The number of hydrogen-bond acceptors (Lipinski definition) is 37. The fourth-order valence-electron chi connectivity index (χ4n) is 19.3. The molecule has 740 valence electrons. The van der Waals surface area contributed by atoms with E-state index in [2.05, 4.69) is 27.7 Å². The van der Waals surface area contributed by atoms with Gasteiger partial charge in [-0.15, -0.1) is 0 Å². The predicted octanol–water partition coefficient (Wildman–Crippen LogP) is 11.5. The normalized spacial score (nSPS) is 42.5. The van der Waals surface area contributed by atoms with Crippen LogP contribution in [0.3, 0.4) is 0 Å². The molecule has 16 saturated heterocycles. The Kier molecular flexibility index (Phi) is 35.3. The summed E-state index contributed by atoms with van der Waals surface area (Å²) in [5, 5.41) is 29.0. The van der Waals surface area contributed by atoms with Crippen LogP contribution in [-0.2, 0) is 152 Å². The maximum absolute atomic E-state index is 11.0. The van der Waals surface area contributed by atoms with E-state index in [9.17, 15) is 24.6 Å². The Labute approximate surface area is 766 Å². The third-order valence-electron chi connectivity index (χ3n) is 25.5. The summed E-state index contributed by atoms with van der Waals surface area (Å²) in [6.45, 7) is 54.9. The number of fused-ring (bicyclic) bond motifs is 7. The van der Waals surface area contributed by atoms with Crippen LogP contribution < -0.4 is 0 Å². The highest BCUT2D eigenvalue weighted by Crippen LogP contribution is 2.50. The number of hydrogen-bond donors (Lipinski definition) is 3. The molecule has 0 radical (unpaired) electrons. The Morgan fingerprint density at radius 2 is 0.750 bits per heavy atom. The topological polar surface area (TPSA) is 380 Å². The minimum Gasteiger partial charge on any atom is -0.472 e. The summed E-state index contributed by atoms with van der Waals surface area (Å²) in [6, 6.07) is 0. The average Bonchev–Trinajstić information content (AvgIpc) is 1.60. The van der Waals surface area contributed by atoms with Crippen LogP contribution in [0.1, 0.15) is 264 Å². The first-order valence-electron chi connectivity index (χ1n) is 46.3. The molecule has 3 N–H and O–H groups in total. The van der Waals surface area contributed by atoms with Gasteiger partial charge in [-0.25, -0.2) is 0 Å². The van der Waals surface area contributed by atoms with E-state index in [-0.39, 0.29) is 172 Å². The molecule has 0 bridgehead atoms. The third kappa shape index (κ3) is 28.3. The van der Waals surface area contributed by atoms with E-state index in [1.165, 1.54) is 25.6 Å². The van der Waals surface area contributed by atoms with Crippen molar-refractivity contribution in [1.82, 2.24) is 0 Å². The standard InChI is InChI=1S/C15H24O5S2.C13H22O5.2C12H20O5.C11H20O3.2C10H18O4.C8H12O4/c1-14(2)16-7-10(19-14)8-6-9-12(20-15(3,4)18-9)11(8)17-13(21)22-5;1-12(2)15-6-9(17-12)7-5-8-11(10(7)14)18-13(3,4)16-8;1-11(2)13-6-9(16-11)7-5-8-10(14-7)17-12(3,4)15-8;1-5-7(2)10-6-11(15-8(3)13)12(17-10)16-9(4)14;1-5-7(2)8-6-9-10(12-8)14-11(3,4)13-9;1-6(5-11)7-4-8-9(12-7)14-10(2,3)13-8;1-4-6(11)7-5-8-9(12-7)14-10(2,3)13-8;1-8(2)11-6-3-5(4-9)10-7(6)12-8/h8-12H,6-7H2,1-5H3;7-11,14H,5-6H2,1-4H3;7-10H,5-6H2,1-4H3;7,10-12H,5-6H2,1-4H3;7-10H,5-6H2,1-4H3;2*6-9,11H,4-5H2,1-3H3;4-7H,3H2,1-2H3/t8-,9+,10-,11+,12+;7-,8+,9-,10+,11+;7-,8+,9+,10+;7?,10-,11+,12?;7?,8-,9+,10+;6-,7+,8-,9-;6?,7-,8+,9+;5-,6+,7+/m11000100/s1. The highest BCUT2D eigenvalue weighted by molar-refractivity contribution is 8.22. The van der Waals surface area contributed by atoms with Gasteiger partial charge in [-0.3, -0.25) is 9.59 Å². The second-order valence-electron chi connectivity index (χ2n) is 41.0. The lowest BCUT2D eigenvalue weighted by atomic mass is 9.98. The molecular formula is C91H154O35S2. The molecule has 0 aromatic heterocycles. The lowest BCUT2D eigenvalue weighted by Crippen LogP contribution is -2.40. The number of thiocarbonyl (C=S) groups is 1. The van der Waals surface area contributed by atoms with E-state index >= 15 is 0 Å². The van der Waals surface area contributed by atoms with Gasteiger partial charge >= 0.3 is 11.9 Å². The summed E-state index contributed by atoms with van der Waals surface area (Å²) < 4.78 is 165. The predicted molar refractivity (Wildman–Crippen MR) is 460 cm³/mol. The van der Waals surface area contributed by atoms with Gasteiger partial charge in [0.15, 0.2) is 95.4 Å². The highest BCUT2D eigenvalue weighted by Gasteiger charge is 2.62. The fraction of sp³-hybridized carbons (Fsp3) is 0.956. The zero-order valence-electron chi connectivity index (χ0n) is 81.0. The van der Waals surface area contributed by atoms with E-state index in [4.69, 9.17) is 155 Å². The first-order chi connectivity index (χ1) is 59.4. The molecule has 37 heteroatoms. The number of aliphatic hydroxyl groups excluding tert-OH is 3. The van der Waals surface area contributed by atoms with Crippen LogP contribution in [0.15, 0.2) is 0 Å². The largest absolute Gasteiger partial charge is 0.472 e. The molecular weight excluding hydrogens is 1720 g/mol. The number of carbonyl (C=O) groups is 3. The van der Waals surface area contributed by atoms with Gasteiger partial charge in [0.25, 0.3) is 0 Å². The Hall–Kier alpha value is -2.31. The molecule has 18 aliphatic rings. The molecule has 18 fully saturated rings. The summed E-state index contributed by atoms with van der Waals surface area (Å²) >= 11 is 6.68. The first kappa shape index (κ1) is 106. The number of esters is 2. The Morgan fingerprint density at radius 3 is 1.14 bits per heavy atom. The van der Waals surface area contributed by atoms with E-state index in [1.807, 2.05) is 159 Å². The van der Waals surface area contributed by atoms with Crippen LogP contribution in [-0.4, -0.2) is 301 Å². The van der Waals surface area contributed by atoms with Crippen molar-refractivity contribution >= 4 is 46.6 Å². The minimum atomic E-state index is -0.768. The summed E-state index contributed by atoms with van der Waals surface area (Å²) in [4.78, 5) is 32.3. The number of aliphatic hydroxyl groups is 3. The Balaban J connectivity index is 0.000000143. The second-order valence-corrected chi connectivity index (χ2v) is 42.5. The SMILES string of the molecule is CC1(C)O[C@@H]2[C@@H](O)[C@@H]([C@H]3COC(C)(C)O3)C[C@@H]2O1.CC1(C)O[C@H]2O[C@H](C=O)C[C@H]2O1.CC1(C)O[C@H]2O[C@H]([C@H]3COC(C)(C)O3)C[C@H]2O1.CCC(C)[C@@H]1C[C@@H](OC(C)=O)C(OC(C)=O)O1.CCC(C)[C@@H]1C[C@H]2OC(C)(C)O[C@H]2O1.CCC(O)[C@@H]1C[C@H]2OC(C)(C)O[C@H]2O1.CSC(=S)O[C@H]1[C@@H]([C@H]2COC(C)(C)O2)C[C@@H]2OC(C)(C)O[C@H]12.C[C@H](CO)[C@@H]1C[C@H]2OC(C)(C)O[C@H]2O1. The van der Waals surface area contributed by atoms with Gasteiger partial charge in [-0.2, -0.15) is 0 Å². The van der Waals surface area contributed by atoms with Gasteiger partial charge in [-0.1, -0.05) is 66.1 Å². The van der Waals surface area contributed by atoms with Crippen molar-refractivity contribution in [2.75, 3.05) is 32.7 Å². The maximum atomic E-state index is 11.0. The van der Waals surface area contributed by atoms with E-state index < -0.39 is 88.4 Å². The van der Waals surface area contributed by atoms with Crippen LogP contribution in [0.4, 0.5) is 0 Å². The first-order valence-corrected chi connectivity index (χ1v) is 47.9. The summed E-state index contributed by atoms with van der Waals surface area (Å²) in [6.07, 6.45) is 7.43. The van der Waals surface area contributed by atoms with Crippen LogP contribution >= 0.6 is 24.0 Å². The molecule has 16 heterocycles. The number of rotatable bonds is 15.